The fraction of sp³-hybridized carbons (Fsp3) is 0.227. The maximum Gasteiger partial charge on any atom is 0.328 e. The third-order valence-electron chi connectivity index (χ3n) is 4.77. The van der Waals surface area contributed by atoms with Crippen molar-refractivity contribution in [1.29, 1.82) is 0 Å². The fourth-order valence-electron chi connectivity index (χ4n) is 3.16. The molecule has 0 fully saturated rings. The normalized spacial score (nSPS) is 16.8. The van der Waals surface area contributed by atoms with Gasteiger partial charge in [0.2, 0.25) is 12.6 Å². The molecule has 32 heavy (non-hydrogen) atoms. The number of benzene rings is 2. The number of carbonyl (C=O) groups excluding carboxylic acids is 2. The Kier molecular flexibility index (Phi) is 5.69. The van der Waals surface area contributed by atoms with Gasteiger partial charge in [-0.1, -0.05) is 6.07 Å². The lowest BCUT2D eigenvalue weighted by Crippen LogP contribution is -2.49. The van der Waals surface area contributed by atoms with Crippen molar-refractivity contribution in [3.63, 3.8) is 0 Å². The van der Waals surface area contributed by atoms with Crippen LogP contribution in [0.25, 0.3) is 6.08 Å². The topological polar surface area (TPSA) is 141 Å². The summed E-state index contributed by atoms with van der Waals surface area (Å²) in [6, 6.07) is 8.28. The SMILES string of the molecule is C[C@H](O)[C@@H](NC(=O)COc1ccc2c(c1)OC(=Cc1ccc3c(c1)OCO3)C2=O)C(=O)O. The summed E-state index contributed by atoms with van der Waals surface area (Å²) < 4.78 is 21.6. The van der Waals surface area contributed by atoms with Gasteiger partial charge in [-0.2, -0.15) is 0 Å². The average Bonchev–Trinajstić information content (AvgIpc) is 3.34. The van der Waals surface area contributed by atoms with Gasteiger partial charge in [-0.05, 0) is 42.8 Å². The van der Waals surface area contributed by atoms with E-state index in [2.05, 4.69) is 5.32 Å². The number of rotatable bonds is 7. The lowest BCUT2D eigenvalue weighted by Gasteiger charge is -2.17. The highest BCUT2D eigenvalue weighted by molar-refractivity contribution is 6.14. The van der Waals surface area contributed by atoms with Gasteiger partial charge in [0.1, 0.15) is 11.5 Å². The zero-order chi connectivity index (χ0) is 22.8. The number of aliphatic hydroxyl groups excluding tert-OH is 1. The first-order valence-corrected chi connectivity index (χ1v) is 9.63. The summed E-state index contributed by atoms with van der Waals surface area (Å²) in [6.45, 7) is 0.916. The van der Waals surface area contributed by atoms with Crippen molar-refractivity contribution in [2.45, 2.75) is 19.1 Å². The van der Waals surface area contributed by atoms with Crippen molar-refractivity contribution in [3.8, 4) is 23.0 Å². The minimum absolute atomic E-state index is 0.120. The number of carboxylic acids is 1. The van der Waals surface area contributed by atoms with Crippen molar-refractivity contribution in [1.82, 2.24) is 5.32 Å². The number of carboxylic acid groups (broad SMARTS) is 1. The standard InChI is InChI=1S/C22H19NO9/c1-11(24)20(22(27)28)23-19(25)9-29-13-3-4-14-16(8-13)32-18(21(14)26)7-12-2-5-15-17(6-12)31-10-30-15/h2-8,11,20,24H,9-10H2,1H3,(H,23,25)(H,27,28)/t11-,20+/m0/s1. The van der Waals surface area contributed by atoms with Gasteiger partial charge in [0.25, 0.3) is 5.91 Å². The van der Waals surface area contributed by atoms with Gasteiger partial charge >= 0.3 is 5.97 Å². The van der Waals surface area contributed by atoms with Crippen molar-refractivity contribution in [3.05, 3.63) is 53.3 Å². The molecule has 0 aromatic heterocycles. The van der Waals surface area contributed by atoms with Crippen LogP contribution in [0.2, 0.25) is 0 Å². The molecule has 0 radical (unpaired) electrons. The number of hydrogen-bond acceptors (Lipinski definition) is 8. The number of amides is 1. The van der Waals surface area contributed by atoms with Crippen LogP contribution in [0.1, 0.15) is 22.8 Å². The van der Waals surface area contributed by atoms with Gasteiger partial charge in [-0.3, -0.25) is 9.59 Å². The Labute approximate surface area is 182 Å². The Morgan fingerprint density at radius 3 is 2.69 bits per heavy atom. The number of fused-ring (bicyclic) bond motifs is 2. The van der Waals surface area contributed by atoms with E-state index in [0.29, 0.717) is 22.6 Å². The predicted octanol–water partition coefficient (Wildman–Crippen LogP) is 1.36. The number of aliphatic carboxylic acids is 1. The van der Waals surface area contributed by atoms with Crippen LogP contribution >= 0.6 is 0 Å². The molecule has 4 rings (SSSR count). The van der Waals surface area contributed by atoms with Crippen LogP contribution in [0, 0.1) is 0 Å². The fourth-order valence-corrected chi connectivity index (χ4v) is 3.16. The van der Waals surface area contributed by atoms with E-state index in [9.17, 15) is 19.5 Å². The van der Waals surface area contributed by atoms with E-state index in [4.69, 9.17) is 24.1 Å². The Bertz CT molecular complexity index is 1120. The summed E-state index contributed by atoms with van der Waals surface area (Å²) in [5, 5.41) is 20.6. The minimum atomic E-state index is -1.45. The second-order valence-corrected chi connectivity index (χ2v) is 7.12. The summed E-state index contributed by atoms with van der Waals surface area (Å²) in [6.07, 6.45) is 0.311. The van der Waals surface area contributed by atoms with Gasteiger partial charge in [-0.15, -0.1) is 0 Å². The summed E-state index contributed by atoms with van der Waals surface area (Å²) in [7, 11) is 0. The van der Waals surface area contributed by atoms with E-state index in [0.717, 1.165) is 0 Å². The van der Waals surface area contributed by atoms with Gasteiger partial charge in [0, 0.05) is 6.07 Å². The molecule has 2 heterocycles. The molecule has 0 saturated carbocycles. The molecule has 1 amide bonds. The van der Waals surface area contributed by atoms with E-state index in [1.54, 1.807) is 24.3 Å². The molecular formula is C22H19NO9. The molecule has 2 aliphatic rings. The first kappa shape index (κ1) is 21.2. The number of nitrogens with one attached hydrogen (secondary N) is 1. The van der Waals surface area contributed by atoms with E-state index >= 15 is 0 Å². The van der Waals surface area contributed by atoms with Crippen LogP contribution in [-0.2, 0) is 9.59 Å². The molecular weight excluding hydrogens is 422 g/mol. The summed E-state index contributed by atoms with van der Waals surface area (Å²) in [5.74, 6) is -0.538. The summed E-state index contributed by atoms with van der Waals surface area (Å²) >= 11 is 0. The molecule has 0 spiro atoms. The second kappa shape index (κ2) is 8.60. The molecule has 3 N–H and O–H groups in total. The first-order valence-electron chi connectivity index (χ1n) is 9.63. The second-order valence-electron chi connectivity index (χ2n) is 7.12. The average molecular weight is 441 g/mol. The van der Waals surface area contributed by atoms with E-state index in [1.165, 1.54) is 25.1 Å². The molecule has 0 unspecified atom stereocenters. The molecule has 2 aromatic carbocycles. The number of aliphatic hydroxyl groups is 1. The Balaban J connectivity index is 1.42. The highest BCUT2D eigenvalue weighted by Gasteiger charge is 2.28. The lowest BCUT2D eigenvalue weighted by atomic mass is 10.1. The molecule has 0 bridgehead atoms. The minimum Gasteiger partial charge on any atom is -0.484 e. The van der Waals surface area contributed by atoms with Crippen LogP contribution in [0.3, 0.4) is 0 Å². The summed E-state index contributed by atoms with van der Waals surface area (Å²) in [5.41, 5.74) is 1.04. The number of hydrogen-bond donors (Lipinski definition) is 3. The van der Waals surface area contributed by atoms with Crippen LogP contribution in [0.5, 0.6) is 23.0 Å². The van der Waals surface area contributed by atoms with Crippen LogP contribution < -0.4 is 24.3 Å². The molecule has 10 heteroatoms. The number of ketones is 1. The van der Waals surface area contributed by atoms with Crippen LogP contribution in [0.15, 0.2) is 42.2 Å². The Morgan fingerprint density at radius 2 is 1.94 bits per heavy atom. The largest absolute Gasteiger partial charge is 0.484 e. The van der Waals surface area contributed by atoms with Gasteiger partial charge in [-0.25, -0.2) is 4.79 Å². The van der Waals surface area contributed by atoms with E-state index in [1.807, 2.05) is 0 Å². The predicted molar refractivity (Wildman–Crippen MR) is 109 cm³/mol. The molecule has 166 valence electrons. The van der Waals surface area contributed by atoms with Gasteiger partial charge < -0.3 is 34.5 Å². The Hall–Kier alpha value is -4.05. The lowest BCUT2D eigenvalue weighted by molar-refractivity contribution is -0.145. The number of Topliss-reactive ketones (excluding diaryl/α,β-unsaturated/α-hetero) is 1. The monoisotopic (exact) mass is 441 g/mol. The van der Waals surface area contributed by atoms with Crippen LogP contribution in [0.4, 0.5) is 0 Å². The number of carbonyl (C=O) groups is 3. The molecule has 2 atom stereocenters. The van der Waals surface area contributed by atoms with E-state index < -0.39 is 30.6 Å². The summed E-state index contributed by atoms with van der Waals surface area (Å²) in [4.78, 5) is 35.6. The third-order valence-corrected chi connectivity index (χ3v) is 4.77. The Morgan fingerprint density at radius 1 is 1.16 bits per heavy atom. The van der Waals surface area contributed by atoms with Crippen molar-refractivity contribution in [2.24, 2.45) is 0 Å². The maximum atomic E-state index is 12.6. The zero-order valence-electron chi connectivity index (χ0n) is 16.9. The zero-order valence-corrected chi connectivity index (χ0v) is 16.9. The van der Waals surface area contributed by atoms with E-state index in [-0.39, 0.29) is 29.8 Å². The van der Waals surface area contributed by atoms with Crippen molar-refractivity contribution >= 4 is 23.7 Å². The van der Waals surface area contributed by atoms with Gasteiger partial charge in [0.15, 0.2) is 29.9 Å². The maximum absolute atomic E-state index is 12.6. The quantitative estimate of drug-likeness (QED) is 0.543. The highest BCUT2D eigenvalue weighted by Crippen LogP contribution is 2.37. The number of ether oxygens (including phenoxy) is 4. The molecule has 0 saturated heterocycles. The molecule has 10 nitrogen and oxygen atoms in total. The number of allylic oxidation sites excluding steroid dienone is 1. The van der Waals surface area contributed by atoms with Crippen molar-refractivity contribution < 1.29 is 43.5 Å². The van der Waals surface area contributed by atoms with Gasteiger partial charge in [0.05, 0.1) is 11.7 Å². The first-order chi connectivity index (χ1) is 15.3. The molecule has 2 aromatic rings. The smallest absolute Gasteiger partial charge is 0.328 e. The highest BCUT2D eigenvalue weighted by atomic mass is 16.7. The molecule has 0 aliphatic carbocycles. The van der Waals surface area contributed by atoms with Crippen LogP contribution in [-0.4, -0.2) is 53.4 Å². The molecule has 2 aliphatic heterocycles. The third kappa shape index (κ3) is 4.35. The van der Waals surface area contributed by atoms with Crippen molar-refractivity contribution in [2.75, 3.05) is 13.4 Å².